The zero-order valence-electron chi connectivity index (χ0n) is 16.0. The van der Waals surface area contributed by atoms with Gasteiger partial charge in [0.05, 0.1) is 11.6 Å². The van der Waals surface area contributed by atoms with Crippen molar-refractivity contribution in [1.82, 2.24) is 24.5 Å². The maximum atomic E-state index is 13.1. The standard InChI is InChI=1S/C21H21N5O2/c1-13(2)26-12-17(15-8-4-5-9-16(15)21(26)28)20(27)22-14(3)19-24-23-18-10-6-7-11-25(18)19/h4-14H,1-3H3,(H,22,27)/t14-/m1/s1. The molecule has 0 saturated carbocycles. The Labute approximate surface area is 161 Å². The summed E-state index contributed by atoms with van der Waals surface area (Å²) >= 11 is 0. The fourth-order valence-electron chi connectivity index (χ4n) is 3.37. The van der Waals surface area contributed by atoms with Crippen LogP contribution in [0.25, 0.3) is 16.4 Å². The van der Waals surface area contributed by atoms with Gasteiger partial charge in [-0.05, 0) is 39.0 Å². The van der Waals surface area contributed by atoms with E-state index in [1.54, 1.807) is 29.0 Å². The van der Waals surface area contributed by atoms with Gasteiger partial charge < -0.3 is 9.88 Å². The first-order valence-corrected chi connectivity index (χ1v) is 9.21. The average molecular weight is 375 g/mol. The Hall–Kier alpha value is -3.48. The van der Waals surface area contributed by atoms with Crippen molar-refractivity contribution >= 4 is 22.3 Å². The van der Waals surface area contributed by atoms with Gasteiger partial charge in [-0.15, -0.1) is 10.2 Å². The molecule has 3 aromatic heterocycles. The quantitative estimate of drug-likeness (QED) is 0.594. The van der Waals surface area contributed by atoms with Gasteiger partial charge in [0.1, 0.15) is 0 Å². The van der Waals surface area contributed by atoms with Crippen molar-refractivity contribution < 1.29 is 4.79 Å². The van der Waals surface area contributed by atoms with Crippen LogP contribution in [0, 0.1) is 0 Å². The first-order chi connectivity index (χ1) is 13.5. The minimum atomic E-state index is -0.358. The van der Waals surface area contributed by atoms with Gasteiger partial charge >= 0.3 is 0 Å². The smallest absolute Gasteiger partial charge is 0.258 e. The van der Waals surface area contributed by atoms with Crippen molar-refractivity contribution in [3.05, 3.63) is 76.6 Å². The number of pyridine rings is 2. The number of hydrogen-bond acceptors (Lipinski definition) is 4. The second-order valence-electron chi connectivity index (χ2n) is 7.08. The van der Waals surface area contributed by atoms with Gasteiger partial charge in [0.25, 0.3) is 11.5 Å². The molecule has 4 aromatic rings. The number of rotatable bonds is 4. The molecule has 0 spiro atoms. The molecule has 1 aromatic carbocycles. The molecule has 0 unspecified atom stereocenters. The summed E-state index contributed by atoms with van der Waals surface area (Å²) in [5.74, 6) is 0.385. The molecule has 0 aliphatic carbocycles. The lowest BCUT2D eigenvalue weighted by Gasteiger charge is -2.17. The highest BCUT2D eigenvalue weighted by Crippen LogP contribution is 2.19. The minimum Gasteiger partial charge on any atom is -0.342 e. The lowest BCUT2D eigenvalue weighted by atomic mass is 10.1. The summed E-state index contributed by atoms with van der Waals surface area (Å²) in [6.07, 6.45) is 3.50. The molecule has 0 radical (unpaired) electrons. The fraction of sp³-hybridized carbons (Fsp3) is 0.238. The summed E-state index contributed by atoms with van der Waals surface area (Å²) in [4.78, 5) is 25.8. The van der Waals surface area contributed by atoms with Crippen molar-refractivity contribution in [2.24, 2.45) is 0 Å². The van der Waals surface area contributed by atoms with E-state index in [1.165, 1.54) is 0 Å². The summed E-state index contributed by atoms with van der Waals surface area (Å²) in [5.41, 5.74) is 1.08. The molecule has 7 heteroatoms. The fourth-order valence-corrected chi connectivity index (χ4v) is 3.37. The molecule has 0 bridgehead atoms. The highest BCUT2D eigenvalue weighted by Gasteiger charge is 2.20. The van der Waals surface area contributed by atoms with Gasteiger partial charge in [-0.1, -0.05) is 24.3 Å². The lowest BCUT2D eigenvalue weighted by Crippen LogP contribution is -2.31. The van der Waals surface area contributed by atoms with Crippen molar-refractivity contribution in [2.45, 2.75) is 32.9 Å². The number of benzene rings is 1. The van der Waals surface area contributed by atoms with E-state index < -0.39 is 0 Å². The van der Waals surface area contributed by atoms with E-state index in [0.717, 1.165) is 5.65 Å². The molecule has 7 nitrogen and oxygen atoms in total. The molecule has 1 amide bonds. The third-order valence-corrected chi connectivity index (χ3v) is 4.83. The van der Waals surface area contributed by atoms with Gasteiger partial charge in [0.15, 0.2) is 11.5 Å². The molecule has 1 atom stereocenters. The highest BCUT2D eigenvalue weighted by molar-refractivity contribution is 6.06. The number of carbonyl (C=O) groups excluding carboxylic acids is 1. The SMILES string of the molecule is CC(C)n1cc(C(=O)N[C@H](C)c2nnc3ccccn23)c2ccccc2c1=O. The molecule has 0 saturated heterocycles. The number of hydrogen-bond donors (Lipinski definition) is 1. The summed E-state index contributed by atoms with van der Waals surface area (Å²) in [6, 6.07) is 12.4. The maximum Gasteiger partial charge on any atom is 0.258 e. The van der Waals surface area contributed by atoms with Crippen LogP contribution < -0.4 is 10.9 Å². The first-order valence-electron chi connectivity index (χ1n) is 9.21. The minimum absolute atomic E-state index is 0.0541. The number of fused-ring (bicyclic) bond motifs is 2. The number of aromatic nitrogens is 4. The largest absolute Gasteiger partial charge is 0.342 e. The Morgan fingerprint density at radius 2 is 1.71 bits per heavy atom. The molecule has 0 fully saturated rings. The van der Waals surface area contributed by atoms with Crippen molar-refractivity contribution in [3.63, 3.8) is 0 Å². The predicted octanol–water partition coefficient (Wildman–Crippen LogP) is 3.12. The van der Waals surface area contributed by atoms with Crippen LogP contribution in [0.15, 0.2) is 59.7 Å². The Morgan fingerprint density at radius 3 is 2.46 bits per heavy atom. The Balaban J connectivity index is 1.75. The van der Waals surface area contributed by atoms with Crippen LogP contribution in [-0.4, -0.2) is 25.1 Å². The van der Waals surface area contributed by atoms with E-state index in [4.69, 9.17) is 0 Å². The number of nitrogens with one attached hydrogen (secondary N) is 1. The molecule has 3 heterocycles. The number of amides is 1. The monoisotopic (exact) mass is 375 g/mol. The van der Waals surface area contributed by atoms with Crippen LogP contribution >= 0.6 is 0 Å². The third kappa shape index (κ3) is 2.94. The van der Waals surface area contributed by atoms with Crippen molar-refractivity contribution in [3.8, 4) is 0 Å². The lowest BCUT2D eigenvalue weighted by molar-refractivity contribution is 0.0939. The van der Waals surface area contributed by atoms with Gasteiger partial charge in [-0.2, -0.15) is 0 Å². The van der Waals surface area contributed by atoms with Crippen LogP contribution in [0.5, 0.6) is 0 Å². The molecule has 142 valence electrons. The summed E-state index contributed by atoms with van der Waals surface area (Å²) in [6.45, 7) is 5.70. The second kappa shape index (κ2) is 6.92. The molecule has 1 N–H and O–H groups in total. The van der Waals surface area contributed by atoms with Crippen LogP contribution in [0.1, 0.15) is 49.0 Å². The normalized spacial score (nSPS) is 12.6. The molecular formula is C21H21N5O2. The van der Waals surface area contributed by atoms with Crippen LogP contribution in [-0.2, 0) is 0 Å². The van der Waals surface area contributed by atoms with Gasteiger partial charge in [0.2, 0.25) is 0 Å². The second-order valence-corrected chi connectivity index (χ2v) is 7.08. The maximum absolute atomic E-state index is 13.1. The summed E-state index contributed by atoms with van der Waals surface area (Å²) in [5, 5.41) is 12.5. The summed E-state index contributed by atoms with van der Waals surface area (Å²) < 4.78 is 3.44. The summed E-state index contributed by atoms with van der Waals surface area (Å²) in [7, 11) is 0. The molecule has 0 aliphatic rings. The third-order valence-electron chi connectivity index (χ3n) is 4.83. The van der Waals surface area contributed by atoms with E-state index in [9.17, 15) is 9.59 Å². The van der Waals surface area contributed by atoms with Gasteiger partial charge in [-0.25, -0.2) is 0 Å². The van der Waals surface area contributed by atoms with Crippen LogP contribution in [0.4, 0.5) is 0 Å². The van der Waals surface area contributed by atoms with E-state index in [0.29, 0.717) is 22.2 Å². The Kier molecular flexibility index (Phi) is 4.43. The van der Waals surface area contributed by atoms with Crippen LogP contribution in [0.2, 0.25) is 0 Å². The highest BCUT2D eigenvalue weighted by atomic mass is 16.2. The van der Waals surface area contributed by atoms with Gasteiger partial charge in [-0.3, -0.25) is 14.0 Å². The molecule has 4 rings (SSSR count). The zero-order valence-corrected chi connectivity index (χ0v) is 16.0. The number of carbonyl (C=O) groups is 1. The van der Waals surface area contributed by atoms with E-state index >= 15 is 0 Å². The number of nitrogens with zero attached hydrogens (tertiary/aromatic N) is 4. The Bertz CT molecular complexity index is 1240. The molecular weight excluding hydrogens is 354 g/mol. The van der Waals surface area contributed by atoms with Crippen molar-refractivity contribution in [1.29, 1.82) is 0 Å². The molecule has 0 aliphatic heterocycles. The van der Waals surface area contributed by atoms with Crippen LogP contribution in [0.3, 0.4) is 0 Å². The van der Waals surface area contributed by atoms with Gasteiger partial charge in [0, 0.05) is 29.2 Å². The van der Waals surface area contributed by atoms with E-state index in [1.807, 2.05) is 55.6 Å². The predicted molar refractivity (Wildman–Crippen MR) is 107 cm³/mol. The van der Waals surface area contributed by atoms with E-state index in [2.05, 4.69) is 15.5 Å². The van der Waals surface area contributed by atoms with E-state index in [-0.39, 0.29) is 23.6 Å². The zero-order chi connectivity index (χ0) is 19.8. The topological polar surface area (TPSA) is 81.3 Å². The first kappa shape index (κ1) is 17.9. The Morgan fingerprint density at radius 1 is 1.00 bits per heavy atom. The molecule has 28 heavy (non-hydrogen) atoms. The van der Waals surface area contributed by atoms with Crippen molar-refractivity contribution in [2.75, 3.05) is 0 Å². The average Bonchev–Trinajstić information content (AvgIpc) is 3.12.